The number of ether oxygens (including phenoxy) is 3. The first-order chi connectivity index (χ1) is 53.2. The molecule has 0 amide bonds. The number of unbranched alkanes of at least 4 members (excludes halogenated alkanes) is 34. The quantitative estimate of drug-likeness (QED) is 0.0146. The zero-order valence-electron chi connectivity index (χ0n) is 68.7. The average molecular weight is 1570 g/mol. The Morgan fingerprint density at radius 2 is 0.459 bits per heavy atom. The highest BCUT2D eigenvalue weighted by Crippen LogP contribution is 2.45. The van der Waals surface area contributed by atoms with Crippen molar-refractivity contribution in [1.29, 1.82) is 0 Å². The molecule has 18 heteroatoms. The summed E-state index contributed by atoms with van der Waals surface area (Å²) in [4.78, 5) is 58.9. The fourth-order valence-corrected chi connectivity index (χ4v) is 13.0. The number of aliphatic hydroxyl groups is 2. The highest BCUT2D eigenvalue weighted by molar-refractivity contribution is 7.47. The molecule has 0 heterocycles. The molecule has 0 rings (SSSR count). The Morgan fingerprint density at radius 1 is 0.257 bits per heavy atom. The van der Waals surface area contributed by atoms with Crippen molar-refractivity contribution < 1.29 is 75.8 Å². The normalized spacial score (nSPS) is 14.6. The lowest BCUT2D eigenvalue weighted by molar-refractivity contribution is -0.161. The summed E-state index contributed by atoms with van der Waals surface area (Å²) >= 11 is 0. The summed E-state index contributed by atoms with van der Waals surface area (Å²) in [6.45, 7) is 2.59. The molecule has 16 nitrogen and oxygen atoms in total. The molecule has 0 saturated carbocycles. The monoisotopic (exact) mass is 1570 g/mol. The van der Waals surface area contributed by atoms with Gasteiger partial charge in [-0.3, -0.25) is 32.5 Å². The number of carbonyl (C=O) groups excluding carboxylic acids is 3. The Morgan fingerprint density at radius 3 is 0.725 bits per heavy atom. The van der Waals surface area contributed by atoms with Gasteiger partial charge < -0.3 is 34.2 Å². The van der Waals surface area contributed by atoms with E-state index in [9.17, 15) is 43.5 Å². The van der Waals surface area contributed by atoms with E-state index >= 15 is 0 Å². The number of aliphatic hydroxyl groups excluding tert-OH is 2. The summed E-state index contributed by atoms with van der Waals surface area (Å²) in [7, 11) is -9.81. The van der Waals surface area contributed by atoms with Crippen LogP contribution in [0.3, 0.4) is 0 Å². The van der Waals surface area contributed by atoms with Crippen LogP contribution in [0, 0.1) is 0 Å². The summed E-state index contributed by atoms with van der Waals surface area (Å²) in [5.41, 5.74) is 0. The molecule has 0 bridgehead atoms. The Bertz CT molecular complexity index is 2560. The third-order valence-corrected chi connectivity index (χ3v) is 19.9. The molecule has 109 heavy (non-hydrogen) atoms. The lowest BCUT2D eigenvalue weighted by Crippen LogP contribution is -2.30. The van der Waals surface area contributed by atoms with Gasteiger partial charge in [0.1, 0.15) is 25.4 Å². The predicted octanol–water partition coefficient (Wildman–Crippen LogP) is 26.0. The van der Waals surface area contributed by atoms with Gasteiger partial charge in [-0.05, 0) is 154 Å². The van der Waals surface area contributed by atoms with Crippen LogP contribution in [-0.4, -0.2) is 95.9 Å². The number of allylic oxidation sites excluding steroid dienone is 24. The van der Waals surface area contributed by atoms with E-state index in [2.05, 4.69) is 167 Å². The zero-order valence-corrected chi connectivity index (χ0v) is 70.5. The number of esters is 3. The number of hydrogen-bond donors (Lipinski definition) is 4. The smallest absolute Gasteiger partial charge is 0.463 e. The first-order valence-electron chi connectivity index (χ1n) is 43.1. The van der Waals surface area contributed by atoms with Crippen molar-refractivity contribution in [3.05, 3.63) is 146 Å². The van der Waals surface area contributed by atoms with Crippen molar-refractivity contribution in [3.8, 4) is 0 Å². The largest absolute Gasteiger partial charge is 0.472 e. The molecule has 626 valence electrons. The predicted molar refractivity (Wildman–Crippen MR) is 454 cm³/mol. The second-order valence-corrected chi connectivity index (χ2v) is 31.5. The maximum Gasteiger partial charge on any atom is 0.472 e. The van der Waals surface area contributed by atoms with Crippen LogP contribution in [0.25, 0.3) is 0 Å². The maximum absolute atomic E-state index is 13.0. The van der Waals surface area contributed by atoms with Crippen molar-refractivity contribution in [2.24, 2.45) is 0 Å². The fraction of sp³-hybridized carbons (Fsp3) is 0.703. The van der Waals surface area contributed by atoms with Crippen molar-refractivity contribution >= 4 is 33.6 Å². The molecule has 5 atom stereocenters. The fourth-order valence-electron chi connectivity index (χ4n) is 11.4. The van der Waals surface area contributed by atoms with E-state index in [4.69, 9.17) is 32.3 Å². The molecule has 0 aliphatic carbocycles. The van der Waals surface area contributed by atoms with E-state index in [0.717, 1.165) is 154 Å². The number of carbonyl (C=O) groups is 3. The minimum absolute atomic E-state index is 0.0784. The molecule has 0 radical (unpaired) electrons. The van der Waals surface area contributed by atoms with Gasteiger partial charge in [-0.1, -0.05) is 327 Å². The molecule has 4 N–H and O–H groups in total. The molecule has 0 spiro atoms. The third-order valence-electron chi connectivity index (χ3n) is 18.0. The van der Waals surface area contributed by atoms with Crippen molar-refractivity contribution in [2.75, 3.05) is 39.6 Å². The molecule has 0 aromatic heterocycles. The van der Waals surface area contributed by atoms with E-state index in [0.29, 0.717) is 19.3 Å². The van der Waals surface area contributed by atoms with Crippen molar-refractivity contribution in [3.63, 3.8) is 0 Å². The molecular formula is C91H156O16P2. The zero-order chi connectivity index (χ0) is 79.4. The van der Waals surface area contributed by atoms with E-state index in [1.807, 2.05) is 0 Å². The first-order valence-corrected chi connectivity index (χ1v) is 46.1. The van der Waals surface area contributed by atoms with Gasteiger partial charge in [0.2, 0.25) is 0 Å². The van der Waals surface area contributed by atoms with E-state index in [1.54, 1.807) is 0 Å². The van der Waals surface area contributed by atoms with Crippen LogP contribution in [0.4, 0.5) is 0 Å². The van der Waals surface area contributed by atoms with Gasteiger partial charge in [-0.15, -0.1) is 0 Å². The summed E-state index contributed by atoms with van der Waals surface area (Å²) in [5.74, 6) is -1.60. The third kappa shape index (κ3) is 84.2. The average Bonchev–Trinajstić information content (AvgIpc) is 0.902. The van der Waals surface area contributed by atoms with E-state index in [-0.39, 0.29) is 19.3 Å². The maximum atomic E-state index is 13.0. The lowest BCUT2D eigenvalue weighted by Gasteiger charge is -2.21. The lowest BCUT2D eigenvalue weighted by atomic mass is 10.0. The van der Waals surface area contributed by atoms with Crippen LogP contribution in [0.1, 0.15) is 355 Å². The highest BCUT2D eigenvalue weighted by atomic mass is 31.2. The Balaban J connectivity index is 4.67. The van der Waals surface area contributed by atoms with Crippen LogP contribution in [0.5, 0.6) is 0 Å². The molecule has 0 aliphatic heterocycles. The Kier molecular flexibility index (Phi) is 79.4. The van der Waals surface area contributed by atoms with Gasteiger partial charge >= 0.3 is 33.6 Å². The number of rotatable bonds is 81. The number of phosphoric ester groups is 2. The molecule has 0 aromatic rings. The summed E-state index contributed by atoms with van der Waals surface area (Å²) in [5, 5.41) is 20.7. The van der Waals surface area contributed by atoms with Crippen LogP contribution < -0.4 is 0 Å². The molecule has 0 aliphatic rings. The minimum atomic E-state index is -4.95. The number of phosphoric acid groups is 2. The van der Waals surface area contributed by atoms with Gasteiger partial charge in [-0.2, -0.15) is 0 Å². The molecule has 5 unspecified atom stereocenters. The van der Waals surface area contributed by atoms with Crippen molar-refractivity contribution in [1.82, 2.24) is 0 Å². The molecular weight excluding hydrogens is 1410 g/mol. The minimum Gasteiger partial charge on any atom is -0.463 e. The van der Waals surface area contributed by atoms with Crippen molar-refractivity contribution in [2.45, 2.75) is 373 Å². The van der Waals surface area contributed by atoms with Crippen LogP contribution in [-0.2, 0) is 55.8 Å². The summed E-state index contributed by atoms with van der Waals surface area (Å²) in [6.07, 6.45) is 103. The summed E-state index contributed by atoms with van der Waals surface area (Å²) < 4.78 is 61.3. The van der Waals surface area contributed by atoms with E-state index in [1.165, 1.54) is 141 Å². The highest BCUT2D eigenvalue weighted by Gasteiger charge is 2.29. The topological polar surface area (TPSA) is 231 Å². The van der Waals surface area contributed by atoms with Gasteiger partial charge in [0, 0.05) is 19.3 Å². The van der Waals surface area contributed by atoms with Gasteiger partial charge in [-0.25, -0.2) is 9.13 Å². The Hall–Kier alpha value is -4.57. The Labute approximate surface area is 664 Å². The molecule has 0 saturated heterocycles. The van der Waals surface area contributed by atoms with Crippen LogP contribution >= 0.6 is 15.6 Å². The number of hydrogen-bond acceptors (Lipinski definition) is 14. The first kappa shape index (κ1) is 104. The van der Waals surface area contributed by atoms with Gasteiger partial charge in [0.05, 0.1) is 26.4 Å². The van der Waals surface area contributed by atoms with Crippen LogP contribution in [0.2, 0.25) is 0 Å². The second-order valence-electron chi connectivity index (χ2n) is 28.6. The molecule has 0 fully saturated rings. The standard InChI is InChI=1S/C91H156O16P2/c1-4-7-10-13-16-19-22-25-28-31-34-37-39-41-42-44-46-48-50-53-56-59-62-65-68-71-74-77-89(94)101-80-86(92)81-103-108(97,98)104-82-87(93)83-105-109(99,100)106-85-88(107-91(96)79-76-73-70-67-64-61-58-55-52-47-36-33-30-27-24-21-18-15-12-9-6-3)84-102-90(95)78-75-72-69-66-63-60-57-54-51-49-45-43-40-38-35-32-29-26-23-20-17-14-11-8-5-2/h16-21,25-30,34-38,41-43,45,47,55,58,86-88,92-93H,4-15,22-24,31-33,39-40,44,46,48-54,56-57,59-85H2,1-3H3,(H,97,98)(H,99,100)/b19-16-,20-17-,21-18-,28-25-,29-26-,30-27-,37-34-,38-35-,42-41-,45-43-,47-36-,58-55-. The second kappa shape index (κ2) is 82.9. The SMILES string of the molecule is CCCCC/C=C\C/C=C\C/C=C\C/C=C\CCCCCCCCCCCCCC(=O)OCC(O)COP(=O)(O)OCC(O)COP(=O)(O)OCC(COC(=O)CCCCCCCCCCC/C=C\C/C=C\C/C=C\C/C=C\CCCCC)OC(=O)CCCCCCC/C=C\C/C=C\C/C=C\C/C=C\CCCCC. The summed E-state index contributed by atoms with van der Waals surface area (Å²) in [6, 6.07) is 0. The van der Waals surface area contributed by atoms with E-state index < -0.39 is 91.5 Å². The van der Waals surface area contributed by atoms with Gasteiger partial charge in [0.25, 0.3) is 0 Å². The van der Waals surface area contributed by atoms with Crippen LogP contribution in [0.15, 0.2) is 146 Å². The van der Waals surface area contributed by atoms with Gasteiger partial charge in [0.15, 0.2) is 6.10 Å². The molecule has 0 aromatic carbocycles.